The molecule has 1 fully saturated rings. The maximum atomic E-state index is 11.2. The number of carbonyl (C=O) groups excluding carboxylic acids is 1. The predicted molar refractivity (Wildman–Crippen MR) is 78.7 cm³/mol. The third-order valence-electron chi connectivity index (χ3n) is 3.81. The molecule has 0 spiro atoms. The number of carboxylic acid groups (broad SMARTS) is 1. The van der Waals surface area contributed by atoms with Crippen LogP contribution in [0.4, 0.5) is 11.4 Å². The summed E-state index contributed by atoms with van der Waals surface area (Å²) in [6, 6.07) is 4.00. The molecule has 1 amide bonds. The Hall–Kier alpha value is -2.64. The molecule has 0 aromatic heterocycles. The van der Waals surface area contributed by atoms with E-state index in [2.05, 4.69) is 0 Å². The molecule has 0 bridgehead atoms. The van der Waals surface area contributed by atoms with Gasteiger partial charge in [-0.3, -0.25) is 19.7 Å². The molecule has 1 aromatic rings. The van der Waals surface area contributed by atoms with E-state index in [1.165, 1.54) is 12.1 Å². The zero-order chi connectivity index (χ0) is 16.4. The molecule has 0 radical (unpaired) electrons. The Morgan fingerprint density at radius 3 is 2.64 bits per heavy atom. The quantitative estimate of drug-likeness (QED) is 0.636. The number of aliphatic carboxylic acids is 1. The number of nitrogens with two attached hydrogens (primary N) is 1. The Morgan fingerprint density at radius 2 is 2.09 bits per heavy atom. The van der Waals surface area contributed by atoms with E-state index in [0.29, 0.717) is 18.7 Å². The predicted octanol–water partition coefficient (Wildman–Crippen LogP) is 1.24. The van der Waals surface area contributed by atoms with E-state index < -0.39 is 22.7 Å². The van der Waals surface area contributed by atoms with Crippen molar-refractivity contribution in [1.82, 2.24) is 0 Å². The molecule has 1 aliphatic rings. The number of rotatable bonds is 4. The highest BCUT2D eigenvalue weighted by Gasteiger charge is 2.32. The molecule has 0 saturated carbocycles. The first-order valence-electron chi connectivity index (χ1n) is 6.85. The lowest BCUT2D eigenvalue weighted by Crippen LogP contribution is -2.42. The molecule has 1 saturated heterocycles. The minimum Gasteiger partial charge on any atom is -0.481 e. The van der Waals surface area contributed by atoms with Crippen LogP contribution < -0.4 is 10.6 Å². The lowest BCUT2D eigenvalue weighted by molar-refractivity contribution is -0.384. The van der Waals surface area contributed by atoms with Crippen LogP contribution in [-0.2, 0) is 4.79 Å². The average molecular weight is 307 g/mol. The maximum absolute atomic E-state index is 11.2. The second kappa shape index (κ2) is 6.00. The van der Waals surface area contributed by atoms with Gasteiger partial charge in [-0.05, 0) is 24.5 Å². The Bertz CT molecular complexity index is 631. The van der Waals surface area contributed by atoms with Gasteiger partial charge in [0.05, 0.1) is 10.8 Å². The van der Waals surface area contributed by atoms with E-state index in [1.54, 1.807) is 4.90 Å². The van der Waals surface area contributed by atoms with Crippen LogP contribution in [0.15, 0.2) is 18.2 Å². The smallest absolute Gasteiger partial charge is 0.308 e. The summed E-state index contributed by atoms with van der Waals surface area (Å²) in [7, 11) is 0. The van der Waals surface area contributed by atoms with Gasteiger partial charge in [0.15, 0.2) is 0 Å². The Morgan fingerprint density at radius 1 is 1.41 bits per heavy atom. The average Bonchev–Trinajstić information content (AvgIpc) is 2.45. The number of piperidine rings is 1. The van der Waals surface area contributed by atoms with Crippen molar-refractivity contribution in [3.05, 3.63) is 33.9 Å². The van der Waals surface area contributed by atoms with Crippen LogP contribution in [0.1, 0.15) is 23.7 Å². The molecule has 0 aliphatic carbocycles. The van der Waals surface area contributed by atoms with Crippen molar-refractivity contribution in [2.75, 3.05) is 18.0 Å². The van der Waals surface area contributed by atoms with Gasteiger partial charge in [-0.15, -0.1) is 0 Å². The van der Waals surface area contributed by atoms with Crippen LogP contribution in [-0.4, -0.2) is 35.0 Å². The number of nitro benzene ring substituents is 1. The number of hydrogen-bond acceptors (Lipinski definition) is 5. The molecule has 118 valence electrons. The van der Waals surface area contributed by atoms with Crippen molar-refractivity contribution in [2.24, 2.45) is 17.6 Å². The second-order valence-corrected chi connectivity index (χ2v) is 5.61. The number of carboxylic acids is 1. The Kier molecular flexibility index (Phi) is 4.30. The number of nitro groups is 1. The van der Waals surface area contributed by atoms with E-state index in [4.69, 9.17) is 5.73 Å². The van der Waals surface area contributed by atoms with Crippen molar-refractivity contribution in [3.8, 4) is 0 Å². The van der Waals surface area contributed by atoms with Crippen LogP contribution in [0.5, 0.6) is 0 Å². The van der Waals surface area contributed by atoms with Gasteiger partial charge in [-0.1, -0.05) is 6.92 Å². The molecule has 2 unspecified atom stereocenters. The van der Waals surface area contributed by atoms with E-state index in [0.717, 1.165) is 6.07 Å². The summed E-state index contributed by atoms with van der Waals surface area (Å²) in [5.41, 5.74) is 5.27. The Labute approximate surface area is 126 Å². The van der Waals surface area contributed by atoms with Crippen LogP contribution in [0.2, 0.25) is 0 Å². The summed E-state index contributed by atoms with van der Waals surface area (Å²) in [6.07, 6.45) is 0.541. The van der Waals surface area contributed by atoms with Crippen molar-refractivity contribution in [2.45, 2.75) is 13.3 Å². The lowest BCUT2D eigenvalue weighted by Gasteiger charge is -2.35. The van der Waals surface area contributed by atoms with E-state index in [1.807, 2.05) is 6.92 Å². The standard InChI is InChI=1S/C14H17N3O5/c1-8-4-10(14(19)20)7-16(6-8)11-3-2-9(13(15)18)5-12(11)17(21)22/h2-3,5,8,10H,4,6-7H2,1H3,(H2,15,18)(H,19,20). The van der Waals surface area contributed by atoms with Crippen LogP contribution in [0.25, 0.3) is 0 Å². The highest BCUT2D eigenvalue weighted by atomic mass is 16.6. The first-order chi connectivity index (χ1) is 10.3. The summed E-state index contributed by atoms with van der Waals surface area (Å²) < 4.78 is 0. The zero-order valence-corrected chi connectivity index (χ0v) is 12.1. The second-order valence-electron chi connectivity index (χ2n) is 5.61. The highest BCUT2D eigenvalue weighted by molar-refractivity contribution is 5.94. The Balaban J connectivity index is 2.40. The summed E-state index contributed by atoms with van der Waals surface area (Å²) in [4.78, 5) is 34.7. The summed E-state index contributed by atoms with van der Waals surface area (Å²) in [5.74, 6) is -2.12. The van der Waals surface area contributed by atoms with Gasteiger partial charge in [0.2, 0.25) is 5.91 Å². The monoisotopic (exact) mass is 307 g/mol. The maximum Gasteiger partial charge on any atom is 0.308 e. The van der Waals surface area contributed by atoms with Gasteiger partial charge in [0, 0.05) is 24.7 Å². The number of anilines is 1. The summed E-state index contributed by atoms with van der Waals surface area (Å²) in [5, 5.41) is 20.4. The molecule has 1 heterocycles. The number of benzene rings is 1. The van der Waals surface area contributed by atoms with Crippen molar-refractivity contribution >= 4 is 23.3 Å². The van der Waals surface area contributed by atoms with Crippen LogP contribution >= 0.6 is 0 Å². The first kappa shape index (κ1) is 15.7. The molecule has 8 nitrogen and oxygen atoms in total. The van der Waals surface area contributed by atoms with Crippen LogP contribution in [0.3, 0.4) is 0 Å². The normalized spacial score (nSPS) is 21.4. The third-order valence-corrected chi connectivity index (χ3v) is 3.81. The number of nitrogens with zero attached hydrogens (tertiary/aromatic N) is 2. The number of carbonyl (C=O) groups is 2. The van der Waals surface area contributed by atoms with E-state index >= 15 is 0 Å². The molecule has 2 atom stereocenters. The molecule has 1 aliphatic heterocycles. The van der Waals surface area contributed by atoms with Gasteiger partial charge >= 0.3 is 5.97 Å². The molecule has 8 heteroatoms. The minimum absolute atomic E-state index is 0.0512. The molecule has 3 N–H and O–H groups in total. The third kappa shape index (κ3) is 3.16. The van der Waals surface area contributed by atoms with Crippen LogP contribution in [0, 0.1) is 22.0 Å². The first-order valence-corrected chi connectivity index (χ1v) is 6.85. The molecular weight excluding hydrogens is 290 g/mol. The fourth-order valence-electron chi connectivity index (χ4n) is 2.82. The van der Waals surface area contributed by atoms with E-state index in [9.17, 15) is 24.8 Å². The van der Waals surface area contributed by atoms with Gasteiger partial charge in [0.1, 0.15) is 5.69 Å². The molecule has 2 rings (SSSR count). The van der Waals surface area contributed by atoms with Gasteiger partial charge < -0.3 is 15.7 Å². The minimum atomic E-state index is -0.909. The topological polar surface area (TPSA) is 127 Å². The van der Waals surface area contributed by atoms with Crippen molar-refractivity contribution in [3.63, 3.8) is 0 Å². The fourth-order valence-corrected chi connectivity index (χ4v) is 2.82. The number of amides is 1. The molecular formula is C14H17N3O5. The summed E-state index contributed by atoms with van der Waals surface area (Å²) in [6.45, 7) is 2.64. The van der Waals surface area contributed by atoms with Gasteiger partial charge in [-0.2, -0.15) is 0 Å². The van der Waals surface area contributed by atoms with Gasteiger partial charge in [0.25, 0.3) is 5.69 Å². The fraction of sp³-hybridized carbons (Fsp3) is 0.429. The zero-order valence-electron chi connectivity index (χ0n) is 12.1. The highest BCUT2D eigenvalue weighted by Crippen LogP contribution is 2.33. The molecule has 1 aromatic carbocycles. The summed E-state index contributed by atoms with van der Waals surface area (Å²) >= 11 is 0. The molecule has 22 heavy (non-hydrogen) atoms. The number of primary amides is 1. The SMILES string of the molecule is CC1CC(C(=O)O)CN(c2ccc(C(N)=O)cc2[N+](=O)[O-])C1. The van der Waals surface area contributed by atoms with Crippen molar-refractivity contribution < 1.29 is 19.6 Å². The lowest BCUT2D eigenvalue weighted by atomic mass is 9.90. The number of hydrogen-bond donors (Lipinski definition) is 2. The van der Waals surface area contributed by atoms with Gasteiger partial charge in [-0.25, -0.2) is 0 Å². The largest absolute Gasteiger partial charge is 0.481 e. The van der Waals surface area contributed by atoms with Crippen molar-refractivity contribution in [1.29, 1.82) is 0 Å². The van der Waals surface area contributed by atoms with E-state index in [-0.39, 0.29) is 23.7 Å².